The lowest BCUT2D eigenvalue weighted by molar-refractivity contribution is 0.682. The Bertz CT molecular complexity index is 1920. The van der Waals surface area contributed by atoms with Gasteiger partial charge in [0.25, 0.3) is 0 Å². The quantitative estimate of drug-likeness (QED) is 0.177. The van der Waals surface area contributed by atoms with Gasteiger partial charge in [-0.3, -0.25) is 4.21 Å². The molecule has 0 aliphatic rings. The van der Waals surface area contributed by atoms with Gasteiger partial charge >= 0.3 is 0 Å². The lowest BCUT2D eigenvalue weighted by atomic mass is 10.0. The summed E-state index contributed by atoms with van der Waals surface area (Å²) in [6, 6.07) is 18.3. The van der Waals surface area contributed by atoms with Crippen LogP contribution in [0.5, 0.6) is 0 Å². The van der Waals surface area contributed by atoms with E-state index < -0.39 is 10.8 Å². The lowest BCUT2D eigenvalue weighted by Crippen LogP contribution is -1.99. The fraction of sp³-hybridized carbons (Fsp3) is 0.0857. The minimum absolute atomic E-state index is 0.395. The monoisotopic (exact) mass is 599 g/mol. The van der Waals surface area contributed by atoms with Gasteiger partial charge in [-0.2, -0.15) is 5.26 Å². The first kappa shape index (κ1) is 33.0. The van der Waals surface area contributed by atoms with Gasteiger partial charge in [-0.1, -0.05) is 59.3 Å². The molecule has 0 spiro atoms. The minimum atomic E-state index is -1.23. The van der Waals surface area contributed by atoms with Crippen molar-refractivity contribution in [1.29, 1.82) is 5.26 Å². The zero-order valence-electron chi connectivity index (χ0n) is 22.8. The average Bonchev–Trinajstić information content (AvgIpc) is 3.68. The summed E-state index contributed by atoms with van der Waals surface area (Å²) in [5, 5.41) is 11.6. The Balaban J connectivity index is 0.000000369. The molecule has 0 aliphatic carbocycles. The first-order valence-electron chi connectivity index (χ1n) is 12.2. The van der Waals surface area contributed by atoms with Gasteiger partial charge in [0.05, 0.1) is 33.1 Å². The Morgan fingerprint density at radius 1 is 0.881 bits per heavy atom. The van der Waals surface area contributed by atoms with E-state index in [9.17, 15) is 4.21 Å². The topological polar surface area (TPSA) is 79.8 Å². The fourth-order valence-electron chi connectivity index (χ4n) is 3.25. The number of hydrogen-bond acceptors (Lipinski definition) is 6. The number of hydrogen-bond donors (Lipinski definition) is 1. The van der Waals surface area contributed by atoms with E-state index in [0.29, 0.717) is 28.5 Å². The molecule has 0 bridgehead atoms. The van der Waals surface area contributed by atoms with Crippen LogP contribution >= 0.6 is 22.7 Å². The molecule has 0 fully saturated rings. The van der Waals surface area contributed by atoms with Gasteiger partial charge < -0.3 is 5.73 Å². The second-order valence-electron chi connectivity index (χ2n) is 7.65. The van der Waals surface area contributed by atoms with Gasteiger partial charge in [0.2, 0.25) is 0 Å². The summed E-state index contributed by atoms with van der Waals surface area (Å²) in [5.74, 6) is 0.434. The molecule has 0 saturated carbocycles. The molecular weight excluding hydrogens is 575 g/mol. The smallest absolute Gasteiger partial charge is 0.127 e. The van der Waals surface area contributed by atoms with Crippen molar-refractivity contribution in [2.24, 2.45) is 0 Å². The molecule has 1 unspecified atom stereocenters. The van der Waals surface area contributed by atoms with Gasteiger partial charge in [0, 0.05) is 17.6 Å². The number of benzene rings is 1. The Kier molecular flexibility index (Phi) is 14.9. The van der Waals surface area contributed by atoms with Crippen molar-refractivity contribution < 1.29 is 4.21 Å². The van der Waals surface area contributed by atoms with Crippen LogP contribution in [-0.4, -0.2) is 14.9 Å². The summed E-state index contributed by atoms with van der Waals surface area (Å²) in [4.78, 5) is 6.71. The predicted octanol–water partition coefficient (Wildman–Crippen LogP) is 8.84. The number of rotatable bonds is 6. The number of unbranched alkanes of at least 4 members (excludes halogenated alkanes) is 1. The second-order valence-corrected chi connectivity index (χ2v) is 11.4. The van der Waals surface area contributed by atoms with E-state index in [0.717, 1.165) is 31.9 Å². The molecule has 3 heterocycles. The van der Waals surface area contributed by atoms with Gasteiger partial charge in [-0.15, -0.1) is 22.7 Å². The number of thiophene rings is 2. The molecule has 0 saturated heterocycles. The molecule has 204 valence electrons. The molecule has 4 aromatic rings. The summed E-state index contributed by atoms with van der Waals surface area (Å²) in [5.41, 5.74) is 34.1. The number of fused-ring (bicyclic) bond motifs is 1. The van der Waals surface area contributed by atoms with Crippen LogP contribution in [0.1, 0.15) is 12.8 Å². The maximum Gasteiger partial charge on any atom is 0.127 e. The van der Waals surface area contributed by atoms with Gasteiger partial charge in [-0.05, 0) is 95.8 Å². The zero-order chi connectivity index (χ0) is 30.6. The molecule has 1 aromatic carbocycles. The fourth-order valence-corrected chi connectivity index (χ4v) is 6.59. The van der Waals surface area contributed by atoms with Crippen LogP contribution in [0.25, 0.3) is 31.9 Å². The largest absolute Gasteiger partial charge is 0.396 e. The van der Waals surface area contributed by atoms with Crippen LogP contribution in [0.4, 0.5) is 5.69 Å². The van der Waals surface area contributed by atoms with E-state index in [2.05, 4.69) is 95.8 Å². The van der Waals surface area contributed by atoms with Crippen molar-refractivity contribution in [3.63, 3.8) is 0 Å². The molecule has 1 atom stereocenters. The van der Waals surface area contributed by atoms with Crippen LogP contribution in [0.15, 0.2) is 142 Å². The Hall–Kier alpha value is -5.25. The minimum Gasteiger partial charge on any atom is -0.396 e. The number of aromatic nitrogens is 1. The molecule has 0 aliphatic heterocycles. The highest BCUT2D eigenvalue weighted by molar-refractivity contribution is 7.87. The molecule has 7 heteroatoms. The first-order valence-corrected chi connectivity index (χ1v) is 15.2. The second kappa shape index (κ2) is 18.9. The third-order valence-electron chi connectivity index (χ3n) is 4.96. The third kappa shape index (κ3) is 10.1. The van der Waals surface area contributed by atoms with E-state index >= 15 is 0 Å². The van der Waals surface area contributed by atoms with Gasteiger partial charge in [0.1, 0.15) is 9.04 Å². The number of nitriles is 1. The molecule has 0 amide bonds. The van der Waals surface area contributed by atoms with Crippen LogP contribution in [0, 0.1) is 11.3 Å². The number of pyridine rings is 1. The van der Waals surface area contributed by atoms with Crippen molar-refractivity contribution in [1.82, 2.24) is 4.98 Å². The van der Waals surface area contributed by atoms with E-state index in [1.54, 1.807) is 11.3 Å². The molecular formula is C35H25N3OS3. The number of nitrogen functional groups attached to an aromatic ring is 1. The van der Waals surface area contributed by atoms with Crippen LogP contribution < -0.4 is 5.73 Å². The van der Waals surface area contributed by atoms with Crippen molar-refractivity contribution in [3.05, 3.63) is 138 Å². The van der Waals surface area contributed by atoms with E-state index in [4.69, 9.17) is 16.0 Å². The third-order valence-corrected chi connectivity index (χ3v) is 8.85. The zero-order valence-corrected chi connectivity index (χ0v) is 25.2. The number of anilines is 1. The number of nitrogens with two attached hydrogens (primary N) is 1. The van der Waals surface area contributed by atoms with E-state index in [1.807, 2.05) is 47.8 Å². The predicted molar refractivity (Wildman–Crippen MR) is 177 cm³/mol. The standard InChI is InChI=1S/C21H17N3OS3.C10H4.C4H4/c22-10-4-5-12-28(25)21-19(23)18-15(14-7-2-1-3-8-14)13-16(24-20(18)27-21)17-9-6-11-26-17;1-3-5-7-9-10-8-6-4-2;1-3-4-2/h1-3,6-9,11,13H,4-5,12,23H2;1-2H2;1-2H2. The highest BCUT2D eigenvalue weighted by Gasteiger charge is 2.21. The van der Waals surface area contributed by atoms with Crippen molar-refractivity contribution in [2.45, 2.75) is 17.1 Å². The summed E-state index contributed by atoms with van der Waals surface area (Å²) < 4.78 is 13.4. The summed E-state index contributed by atoms with van der Waals surface area (Å²) in [6.45, 7) is 12.9. The Labute approximate surface area is 256 Å². The molecule has 4 rings (SSSR count). The summed E-state index contributed by atoms with van der Waals surface area (Å²) in [7, 11) is -1.23. The normalized spacial score (nSPS) is 9.21. The van der Waals surface area contributed by atoms with E-state index in [1.165, 1.54) is 11.3 Å². The van der Waals surface area contributed by atoms with Crippen LogP contribution in [-0.2, 0) is 10.8 Å². The van der Waals surface area contributed by atoms with Crippen LogP contribution in [0.2, 0.25) is 0 Å². The number of nitrogens with zero attached hydrogens (tertiary/aromatic N) is 2. The van der Waals surface area contributed by atoms with Gasteiger partial charge in [-0.25, -0.2) is 4.98 Å². The maximum atomic E-state index is 12.8. The molecule has 42 heavy (non-hydrogen) atoms. The molecule has 0 radical (unpaired) electrons. The highest BCUT2D eigenvalue weighted by atomic mass is 32.2. The van der Waals surface area contributed by atoms with Crippen molar-refractivity contribution in [2.75, 3.05) is 11.5 Å². The molecule has 4 nitrogen and oxygen atoms in total. The first-order chi connectivity index (χ1) is 20.5. The van der Waals surface area contributed by atoms with Gasteiger partial charge in [0.15, 0.2) is 0 Å². The molecule has 2 N–H and O–H groups in total. The molecule has 3 aromatic heterocycles. The Morgan fingerprint density at radius 2 is 1.52 bits per heavy atom. The highest BCUT2D eigenvalue weighted by Crippen LogP contribution is 2.43. The van der Waals surface area contributed by atoms with E-state index in [-0.39, 0.29) is 0 Å². The maximum absolute atomic E-state index is 12.8. The van der Waals surface area contributed by atoms with Crippen molar-refractivity contribution >= 4 is 49.4 Å². The SMILES string of the molecule is C=C=C=C.C=C=C=C=C=C=C=C=C=C.N#CCCCS(=O)c1sc2nc(-c3cccs3)cc(-c3ccccc3)c2c1N. The summed E-state index contributed by atoms with van der Waals surface area (Å²) >= 11 is 3.04. The van der Waals surface area contributed by atoms with Crippen molar-refractivity contribution in [3.8, 4) is 27.8 Å². The summed E-state index contributed by atoms with van der Waals surface area (Å²) in [6.07, 6.45) is 0.989. The van der Waals surface area contributed by atoms with Crippen LogP contribution in [0.3, 0.4) is 0 Å². The Morgan fingerprint density at radius 3 is 2.07 bits per heavy atom. The average molecular weight is 600 g/mol. The lowest BCUT2D eigenvalue weighted by Gasteiger charge is -2.08.